The molecule has 4 N–H and O–H groups in total. The zero-order valence-electron chi connectivity index (χ0n) is 48.3. The highest BCUT2D eigenvalue weighted by molar-refractivity contribution is 5.80. The first-order valence-electron chi connectivity index (χ1n) is 32.1. The summed E-state index contributed by atoms with van der Waals surface area (Å²) < 4.78 is 0. The van der Waals surface area contributed by atoms with Crippen molar-refractivity contribution in [3.8, 4) is 0 Å². The Morgan fingerprint density at radius 1 is 0.347 bits per heavy atom. The minimum absolute atomic E-state index is 0.381. The van der Waals surface area contributed by atoms with Gasteiger partial charge in [-0.1, -0.05) is 319 Å². The normalized spacial score (nSPS) is 13.6. The highest BCUT2D eigenvalue weighted by atomic mass is 16.3. The number of rotatable bonds is 59. The van der Waals surface area contributed by atoms with Gasteiger partial charge in [0.05, 0.1) is 18.8 Å². The van der Waals surface area contributed by atoms with E-state index in [2.05, 4.69) is 67.8 Å². The summed E-state index contributed by atoms with van der Waals surface area (Å²) in [6, 6.07) is -0.824. The molecule has 3 atom stereocenters. The maximum Gasteiger partial charge on any atom is 0.249 e. The molecule has 0 fully saturated rings. The molecule has 0 saturated carbocycles. The van der Waals surface area contributed by atoms with Crippen LogP contribution in [0.2, 0.25) is 0 Å². The number of hydrogen-bond donors (Lipinski definition) is 4. The van der Waals surface area contributed by atoms with Gasteiger partial charge in [-0.25, -0.2) is 0 Å². The molecule has 72 heavy (non-hydrogen) atoms. The zero-order valence-corrected chi connectivity index (χ0v) is 48.3. The molecule has 0 aromatic heterocycles. The maximum atomic E-state index is 12.6. The van der Waals surface area contributed by atoms with Crippen LogP contribution in [0.3, 0.4) is 0 Å². The van der Waals surface area contributed by atoms with Gasteiger partial charge in [0.1, 0.15) is 6.10 Å². The minimum Gasteiger partial charge on any atom is -0.394 e. The fourth-order valence-corrected chi connectivity index (χ4v) is 9.84. The number of nitrogens with one attached hydrogen (secondary N) is 1. The Balaban J connectivity index is 3.58. The van der Waals surface area contributed by atoms with E-state index in [-0.39, 0.29) is 6.61 Å². The third-order valence-corrected chi connectivity index (χ3v) is 14.8. The smallest absolute Gasteiger partial charge is 0.249 e. The molecule has 5 heteroatoms. The van der Waals surface area contributed by atoms with Gasteiger partial charge in [0.15, 0.2) is 0 Å². The summed E-state index contributed by atoms with van der Waals surface area (Å²) in [5.41, 5.74) is 0. The standard InChI is InChI=1S/C67H125NO4/c1-3-5-7-9-11-13-15-17-19-21-23-25-27-29-30-31-32-33-34-35-36-37-38-40-42-44-46-48-50-52-54-56-58-60-62-66(71)67(72)68-64(63-69)65(70)61-59-57-55-53-51-49-47-45-43-41-39-28-26-24-22-20-18-16-14-12-10-8-6-4-2/h27,29,31-32,43,45,51,53,59,61,64-66,69-71H,3-26,28,30,33-42,44,46-50,52,54-58,60,62-63H2,1-2H3,(H,68,72)/b29-27-,32-31-,45-43+,53-51+,61-59+. The van der Waals surface area contributed by atoms with E-state index in [9.17, 15) is 20.1 Å². The predicted octanol–water partition coefficient (Wildman–Crippen LogP) is 20.5. The first kappa shape index (κ1) is 70.1. The summed E-state index contributed by atoms with van der Waals surface area (Å²) in [5, 5.41) is 33.4. The van der Waals surface area contributed by atoms with Crippen molar-refractivity contribution in [3.63, 3.8) is 0 Å². The number of hydrogen-bond acceptors (Lipinski definition) is 4. The third-order valence-electron chi connectivity index (χ3n) is 14.8. The first-order valence-corrected chi connectivity index (χ1v) is 32.1. The number of carbonyl (C=O) groups excluding carboxylic acids is 1. The van der Waals surface area contributed by atoms with Gasteiger partial charge in [0.25, 0.3) is 0 Å². The molecule has 0 radical (unpaired) electrons. The molecule has 0 bridgehead atoms. The third kappa shape index (κ3) is 55.8. The first-order chi connectivity index (χ1) is 35.6. The molecule has 0 rings (SSSR count). The molecule has 3 unspecified atom stereocenters. The van der Waals surface area contributed by atoms with E-state index in [1.807, 2.05) is 6.08 Å². The summed E-state index contributed by atoms with van der Waals surface area (Å²) in [4.78, 5) is 12.6. The van der Waals surface area contributed by atoms with Crippen molar-refractivity contribution >= 4 is 5.91 Å². The number of allylic oxidation sites excluding steroid dienone is 9. The van der Waals surface area contributed by atoms with Crippen molar-refractivity contribution in [1.29, 1.82) is 0 Å². The Morgan fingerprint density at radius 3 is 0.931 bits per heavy atom. The molecule has 0 aliphatic rings. The van der Waals surface area contributed by atoms with Gasteiger partial charge in [-0.2, -0.15) is 0 Å². The predicted molar refractivity (Wildman–Crippen MR) is 319 cm³/mol. The van der Waals surface area contributed by atoms with Crippen LogP contribution in [0.4, 0.5) is 0 Å². The molecular formula is C67H125NO4. The van der Waals surface area contributed by atoms with Gasteiger partial charge in [-0.3, -0.25) is 4.79 Å². The molecule has 0 heterocycles. The Bertz CT molecular complexity index is 1210. The molecule has 0 aromatic carbocycles. The Labute approximate surface area is 449 Å². The lowest BCUT2D eigenvalue weighted by Gasteiger charge is -2.21. The maximum absolute atomic E-state index is 12.6. The van der Waals surface area contributed by atoms with Crippen molar-refractivity contribution < 1.29 is 20.1 Å². The van der Waals surface area contributed by atoms with Crippen LogP contribution in [0.1, 0.15) is 335 Å². The van der Waals surface area contributed by atoms with E-state index in [1.54, 1.807) is 6.08 Å². The molecule has 1 amide bonds. The van der Waals surface area contributed by atoms with Gasteiger partial charge < -0.3 is 20.6 Å². The fraction of sp³-hybridized carbons (Fsp3) is 0.836. The van der Waals surface area contributed by atoms with Gasteiger partial charge in [-0.15, -0.1) is 0 Å². The van der Waals surface area contributed by atoms with Gasteiger partial charge >= 0.3 is 0 Å². The number of aliphatic hydroxyl groups is 3. The van der Waals surface area contributed by atoms with Gasteiger partial charge in [0.2, 0.25) is 5.91 Å². The molecule has 5 nitrogen and oxygen atoms in total. The summed E-state index contributed by atoms with van der Waals surface area (Å²) in [7, 11) is 0. The van der Waals surface area contributed by atoms with Gasteiger partial charge in [0, 0.05) is 0 Å². The van der Waals surface area contributed by atoms with Crippen LogP contribution < -0.4 is 5.32 Å². The SMILES string of the molecule is CCCCCCCCCCCCC/C=C\C/C=C\CCCCCCCCCCCCCCCCCCC(O)C(=O)NC(CO)C(O)/C=C/CC/C=C/CC/C=C/CCCCCCCCCCCCCCCC. The fourth-order valence-electron chi connectivity index (χ4n) is 9.84. The van der Waals surface area contributed by atoms with E-state index in [0.29, 0.717) is 6.42 Å². The van der Waals surface area contributed by atoms with E-state index in [4.69, 9.17) is 0 Å². The summed E-state index contributed by atoms with van der Waals surface area (Å²) in [5.74, 6) is -0.514. The number of carbonyl (C=O) groups is 1. The quantitative estimate of drug-likeness (QED) is 0.0361. The second kappa shape index (κ2) is 61.6. The highest BCUT2D eigenvalue weighted by Crippen LogP contribution is 2.17. The molecular weight excluding hydrogens is 883 g/mol. The van der Waals surface area contributed by atoms with Crippen LogP contribution in [0.25, 0.3) is 0 Å². The monoisotopic (exact) mass is 1010 g/mol. The molecule has 0 aliphatic heterocycles. The van der Waals surface area contributed by atoms with Crippen LogP contribution in [0.5, 0.6) is 0 Å². The molecule has 0 aromatic rings. The number of aliphatic hydroxyl groups excluding tert-OH is 3. The van der Waals surface area contributed by atoms with Crippen LogP contribution in [-0.4, -0.2) is 46.1 Å². The highest BCUT2D eigenvalue weighted by Gasteiger charge is 2.22. The van der Waals surface area contributed by atoms with E-state index in [0.717, 1.165) is 51.4 Å². The average Bonchev–Trinajstić information content (AvgIpc) is 3.39. The van der Waals surface area contributed by atoms with E-state index in [1.165, 1.54) is 263 Å². The lowest BCUT2D eigenvalue weighted by atomic mass is 10.0. The molecule has 422 valence electrons. The minimum atomic E-state index is -1.11. The average molecular weight is 1010 g/mol. The topological polar surface area (TPSA) is 89.8 Å². The van der Waals surface area contributed by atoms with Crippen molar-refractivity contribution in [2.45, 2.75) is 353 Å². The summed E-state index contributed by atoms with van der Waals surface area (Å²) >= 11 is 0. The van der Waals surface area contributed by atoms with Crippen molar-refractivity contribution in [3.05, 3.63) is 60.8 Å². The van der Waals surface area contributed by atoms with Crippen LogP contribution >= 0.6 is 0 Å². The summed E-state index contributed by atoms with van der Waals surface area (Å²) in [6.45, 7) is 4.20. The second-order valence-electron chi connectivity index (χ2n) is 22.0. The second-order valence-corrected chi connectivity index (χ2v) is 22.0. The molecule has 0 saturated heterocycles. The Kier molecular flexibility index (Phi) is 59.9. The van der Waals surface area contributed by atoms with E-state index < -0.39 is 24.2 Å². The van der Waals surface area contributed by atoms with Crippen LogP contribution in [-0.2, 0) is 4.79 Å². The largest absolute Gasteiger partial charge is 0.394 e. The lowest BCUT2D eigenvalue weighted by molar-refractivity contribution is -0.131. The molecule has 0 aliphatic carbocycles. The van der Waals surface area contributed by atoms with Crippen molar-refractivity contribution in [1.82, 2.24) is 5.32 Å². The number of unbranched alkanes of at least 4 members (excludes halogenated alkanes) is 43. The van der Waals surface area contributed by atoms with Crippen molar-refractivity contribution in [2.75, 3.05) is 6.61 Å². The number of amides is 1. The Hall–Kier alpha value is -1.95. The Morgan fingerprint density at radius 2 is 0.611 bits per heavy atom. The van der Waals surface area contributed by atoms with E-state index >= 15 is 0 Å². The summed E-state index contributed by atoms with van der Waals surface area (Å²) in [6.07, 6.45) is 84.8. The lowest BCUT2D eigenvalue weighted by Crippen LogP contribution is -2.48. The van der Waals surface area contributed by atoms with Gasteiger partial charge in [-0.05, 0) is 77.0 Å². The molecule has 0 spiro atoms. The van der Waals surface area contributed by atoms with Crippen LogP contribution in [0.15, 0.2) is 60.8 Å². The zero-order chi connectivity index (χ0) is 52.2. The van der Waals surface area contributed by atoms with Crippen LogP contribution in [0, 0.1) is 0 Å². The van der Waals surface area contributed by atoms with Crippen molar-refractivity contribution in [2.24, 2.45) is 0 Å².